The highest BCUT2D eigenvalue weighted by Crippen LogP contribution is 2.17. The fraction of sp³-hybridized carbons (Fsp3) is 0.632. The van der Waals surface area contributed by atoms with Crippen molar-refractivity contribution in [1.29, 1.82) is 0 Å². The van der Waals surface area contributed by atoms with Crippen LogP contribution in [-0.4, -0.2) is 50.1 Å². The Morgan fingerprint density at radius 1 is 1.36 bits per heavy atom. The number of rotatable bonds is 6. The second kappa shape index (κ2) is 11.7. The van der Waals surface area contributed by atoms with Crippen LogP contribution in [0.3, 0.4) is 0 Å². The van der Waals surface area contributed by atoms with E-state index in [-0.39, 0.29) is 29.8 Å². The van der Waals surface area contributed by atoms with Gasteiger partial charge in [-0.2, -0.15) is 0 Å². The van der Waals surface area contributed by atoms with E-state index in [1.165, 1.54) is 25.5 Å². The number of nitrogens with zero attached hydrogens (tertiary/aromatic N) is 2. The Morgan fingerprint density at radius 3 is 2.84 bits per heavy atom. The maximum atomic E-state index is 13.2. The van der Waals surface area contributed by atoms with Crippen molar-refractivity contribution in [1.82, 2.24) is 15.5 Å². The molecule has 1 aromatic rings. The minimum atomic E-state index is -0.179. The average molecular weight is 462 g/mol. The van der Waals surface area contributed by atoms with Crippen LogP contribution in [0.25, 0.3) is 0 Å². The molecular weight excluding hydrogens is 430 g/mol. The molecule has 1 aromatic carbocycles. The fourth-order valence-corrected chi connectivity index (χ4v) is 3.21. The van der Waals surface area contributed by atoms with E-state index in [1.54, 1.807) is 19.2 Å². The van der Waals surface area contributed by atoms with Crippen molar-refractivity contribution in [2.75, 3.05) is 33.2 Å². The zero-order valence-electron chi connectivity index (χ0n) is 15.6. The van der Waals surface area contributed by atoms with Gasteiger partial charge < -0.3 is 15.5 Å². The van der Waals surface area contributed by atoms with Gasteiger partial charge in [0.25, 0.3) is 0 Å². The van der Waals surface area contributed by atoms with Crippen molar-refractivity contribution >= 4 is 29.9 Å². The van der Waals surface area contributed by atoms with Crippen LogP contribution in [-0.2, 0) is 6.42 Å². The first-order valence-corrected chi connectivity index (χ1v) is 9.01. The lowest BCUT2D eigenvalue weighted by Gasteiger charge is -2.35. The second-order valence-corrected chi connectivity index (χ2v) is 6.86. The lowest BCUT2D eigenvalue weighted by Crippen LogP contribution is -2.46. The van der Waals surface area contributed by atoms with Gasteiger partial charge in [-0.1, -0.05) is 12.1 Å². The summed E-state index contributed by atoms with van der Waals surface area (Å²) in [6.45, 7) is 8.60. The molecule has 2 rings (SSSR count). The normalized spacial score (nSPS) is 18.8. The van der Waals surface area contributed by atoms with Crippen LogP contribution in [0.2, 0.25) is 0 Å². The predicted molar refractivity (Wildman–Crippen MR) is 114 cm³/mol. The van der Waals surface area contributed by atoms with Crippen molar-refractivity contribution in [2.45, 2.75) is 39.2 Å². The zero-order chi connectivity index (χ0) is 17.4. The summed E-state index contributed by atoms with van der Waals surface area (Å²) < 4.78 is 13.2. The molecule has 6 heteroatoms. The molecule has 1 atom stereocenters. The standard InChI is InChI=1S/C19H31FN4.HI/c1-15(2)24-11-5-7-17(14-24)13-23-19(21-3)22-10-9-16-6-4-8-18(20)12-16;/h4,6,8,12,15,17H,5,7,9-11,13-14H2,1-3H3,(H2,21,22,23);1H. The molecule has 1 aliphatic heterocycles. The molecule has 0 bridgehead atoms. The van der Waals surface area contributed by atoms with E-state index in [1.807, 2.05) is 6.07 Å². The number of likely N-dealkylation sites (tertiary alicyclic amines) is 1. The largest absolute Gasteiger partial charge is 0.356 e. The smallest absolute Gasteiger partial charge is 0.190 e. The third-order valence-electron chi connectivity index (χ3n) is 4.66. The Hall–Kier alpha value is -0.890. The maximum absolute atomic E-state index is 13.2. The van der Waals surface area contributed by atoms with E-state index in [2.05, 4.69) is 34.4 Å². The predicted octanol–water partition coefficient (Wildman–Crippen LogP) is 3.27. The van der Waals surface area contributed by atoms with Crippen LogP contribution < -0.4 is 10.6 Å². The van der Waals surface area contributed by atoms with E-state index >= 15 is 0 Å². The molecule has 1 unspecified atom stereocenters. The molecule has 142 valence electrons. The summed E-state index contributed by atoms with van der Waals surface area (Å²) in [5, 5.41) is 6.75. The highest BCUT2D eigenvalue weighted by molar-refractivity contribution is 14.0. The number of hydrogen-bond acceptors (Lipinski definition) is 2. The van der Waals surface area contributed by atoms with E-state index in [0.29, 0.717) is 12.0 Å². The number of halogens is 2. The molecule has 1 fully saturated rings. The number of hydrogen-bond donors (Lipinski definition) is 2. The monoisotopic (exact) mass is 462 g/mol. The molecule has 0 aliphatic carbocycles. The van der Waals surface area contributed by atoms with Gasteiger partial charge in [0.05, 0.1) is 0 Å². The van der Waals surface area contributed by atoms with Gasteiger partial charge in [-0.15, -0.1) is 24.0 Å². The lowest BCUT2D eigenvalue weighted by atomic mass is 9.97. The van der Waals surface area contributed by atoms with E-state index in [9.17, 15) is 4.39 Å². The van der Waals surface area contributed by atoms with Crippen LogP contribution in [0, 0.1) is 11.7 Å². The number of benzene rings is 1. The molecule has 0 spiro atoms. The molecule has 4 nitrogen and oxygen atoms in total. The third-order valence-corrected chi connectivity index (χ3v) is 4.66. The number of aliphatic imine (C=N–C) groups is 1. The van der Waals surface area contributed by atoms with Crippen LogP contribution in [0.1, 0.15) is 32.3 Å². The highest BCUT2D eigenvalue weighted by Gasteiger charge is 2.21. The minimum absolute atomic E-state index is 0. The van der Waals surface area contributed by atoms with Gasteiger partial charge in [-0.05, 0) is 63.3 Å². The molecular formula is C19H32FIN4. The van der Waals surface area contributed by atoms with Crippen LogP contribution in [0.4, 0.5) is 4.39 Å². The lowest BCUT2D eigenvalue weighted by molar-refractivity contribution is 0.141. The molecule has 0 radical (unpaired) electrons. The summed E-state index contributed by atoms with van der Waals surface area (Å²) in [7, 11) is 1.79. The molecule has 2 N–H and O–H groups in total. The average Bonchev–Trinajstić information content (AvgIpc) is 2.58. The van der Waals surface area contributed by atoms with Crippen molar-refractivity contribution in [3.63, 3.8) is 0 Å². The molecule has 0 aromatic heterocycles. The van der Waals surface area contributed by atoms with Gasteiger partial charge in [-0.3, -0.25) is 4.99 Å². The van der Waals surface area contributed by atoms with E-state index in [0.717, 1.165) is 37.6 Å². The Balaban J connectivity index is 0.00000312. The third kappa shape index (κ3) is 7.90. The first kappa shape index (κ1) is 22.2. The SMILES string of the molecule is CN=C(NCCc1cccc(F)c1)NCC1CCCN(C(C)C)C1.I. The molecule has 0 amide bonds. The van der Waals surface area contributed by atoms with Gasteiger partial charge >= 0.3 is 0 Å². The Labute approximate surface area is 168 Å². The molecule has 0 saturated carbocycles. The summed E-state index contributed by atoms with van der Waals surface area (Å²) in [4.78, 5) is 6.83. The second-order valence-electron chi connectivity index (χ2n) is 6.86. The van der Waals surface area contributed by atoms with Gasteiger partial charge in [-0.25, -0.2) is 4.39 Å². The summed E-state index contributed by atoms with van der Waals surface area (Å²) >= 11 is 0. The summed E-state index contributed by atoms with van der Waals surface area (Å²) in [6.07, 6.45) is 3.33. The van der Waals surface area contributed by atoms with Crippen molar-refractivity contribution in [3.8, 4) is 0 Å². The molecule has 1 heterocycles. The number of piperidine rings is 1. The minimum Gasteiger partial charge on any atom is -0.356 e. The highest BCUT2D eigenvalue weighted by atomic mass is 127. The topological polar surface area (TPSA) is 39.7 Å². The first-order chi connectivity index (χ1) is 11.6. The van der Waals surface area contributed by atoms with Gasteiger partial charge in [0.2, 0.25) is 0 Å². The first-order valence-electron chi connectivity index (χ1n) is 9.01. The fourth-order valence-electron chi connectivity index (χ4n) is 3.21. The quantitative estimate of drug-likeness (QED) is 0.388. The van der Waals surface area contributed by atoms with Crippen molar-refractivity contribution < 1.29 is 4.39 Å². The van der Waals surface area contributed by atoms with Crippen molar-refractivity contribution in [2.24, 2.45) is 10.9 Å². The summed E-state index contributed by atoms with van der Waals surface area (Å²) in [6, 6.07) is 7.38. The summed E-state index contributed by atoms with van der Waals surface area (Å²) in [5.74, 6) is 1.32. The van der Waals surface area contributed by atoms with Gasteiger partial charge in [0.15, 0.2) is 5.96 Å². The Morgan fingerprint density at radius 2 is 2.16 bits per heavy atom. The zero-order valence-corrected chi connectivity index (χ0v) is 17.9. The summed E-state index contributed by atoms with van der Waals surface area (Å²) in [5.41, 5.74) is 0.998. The molecule has 25 heavy (non-hydrogen) atoms. The van der Waals surface area contributed by atoms with Crippen LogP contribution in [0.5, 0.6) is 0 Å². The van der Waals surface area contributed by atoms with Crippen molar-refractivity contribution in [3.05, 3.63) is 35.6 Å². The number of guanidine groups is 1. The van der Waals surface area contributed by atoms with Gasteiger partial charge in [0.1, 0.15) is 5.82 Å². The number of nitrogens with one attached hydrogen (secondary N) is 2. The van der Waals surface area contributed by atoms with E-state index in [4.69, 9.17) is 0 Å². The Bertz CT molecular complexity index is 536. The molecule has 1 saturated heterocycles. The van der Waals surface area contributed by atoms with Gasteiger partial charge in [0, 0.05) is 32.7 Å². The molecule has 1 aliphatic rings. The van der Waals surface area contributed by atoms with Crippen LogP contribution in [0.15, 0.2) is 29.3 Å². The Kier molecular flexibility index (Phi) is 10.3. The van der Waals surface area contributed by atoms with Crippen LogP contribution >= 0.6 is 24.0 Å². The maximum Gasteiger partial charge on any atom is 0.190 e. The van der Waals surface area contributed by atoms with E-state index < -0.39 is 0 Å².